The van der Waals surface area contributed by atoms with E-state index in [4.69, 9.17) is 9.84 Å². The van der Waals surface area contributed by atoms with Crippen molar-refractivity contribution < 1.29 is 45.6 Å². The number of fused-ring (bicyclic) bond motifs is 1. The first kappa shape index (κ1) is 17.0. The summed E-state index contributed by atoms with van der Waals surface area (Å²) < 4.78 is 5.12. The van der Waals surface area contributed by atoms with Gasteiger partial charge in [-0.15, -0.1) is 0 Å². The Hall–Kier alpha value is -1.03. The van der Waals surface area contributed by atoms with Crippen LogP contribution in [-0.4, -0.2) is 18.2 Å². The zero-order chi connectivity index (χ0) is 11.5. The molecular weight excluding hydrogens is 239 g/mol. The molecule has 4 heteroatoms. The fraction of sp³-hybridized carbons (Fsp3) is 0.214. The molecule has 2 rings (SSSR count). The Morgan fingerprint density at radius 3 is 2.44 bits per heavy atom. The molecule has 0 saturated heterocycles. The normalized spacial score (nSPS) is 9.17. The van der Waals surface area contributed by atoms with Crippen molar-refractivity contribution in [2.24, 2.45) is 0 Å². The second kappa shape index (κ2) is 7.41. The van der Waals surface area contributed by atoms with Crippen molar-refractivity contribution in [3.63, 3.8) is 0 Å². The Balaban J connectivity index is 0. The summed E-state index contributed by atoms with van der Waals surface area (Å²) in [5, 5.41) is 10.8. The minimum absolute atomic E-state index is 0. The fourth-order valence-corrected chi connectivity index (χ4v) is 1.68. The van der Waals surface area contributed by atoms with Crippen LogP contribution in [-0.2, 0) is 11.2 Å². The number of rotatable bonds is 3. The van der Waals surface area contributed by atoms with Crippen molar-refractivity contribution in [1.29, 1.82) is 0 Å². The Kier molecular flexibility index (Phi) is 6.99. The van der Waals surface area contributed by atoms with Gasteiger partial charge in [-0.2, -0.15) is 0 Å². The first-order chi connectivity index (χ1) is 7.69. The van der Waals surface area contributed by atoms with Crippen LogP contribution >= 0.6 is 0 Å². The number of carboxylic acids is 1. The van der Waals surface area contributed by atoms with E-state index in [9.17, 15) is 4.79 Å². The van der Waals surface area contributed by atoms with Gasteiger partial charge in [-0.25, -0.2) is 0 Å². The molecule has 0 unspecified atom stereocenters. The van der Waals surface area contributed by atoms with Crippen molar-refractivity contribution in [3.8, 4) is 5.75 Å². The number of benzene rings is 2. The van der Waals surface area contributed by atoms with Crippen LogP contribution < -0.4 is 34.3 Å². The fourth-order valence-electron chi connectivity index (χ4n) is 1.68. The Labute approximate surface area is 131 Å². The molecule has 0 heterocycles. The summed E-state index contributed by atoms with van der Waals surface area (Å²) in [7, 11) is 1.62. The maximum Gasteiger partial charge on any atom is 1.00 e. The molecule has 0 saturated carbocycles. The summed E-state index contributed by atoms with van der Waals surface area (Å²) in [6.07, 6.45) is 0.0575. The summed E-state index contributed by atoms with van der Waals surface area (Å²) >= 11 is 0. The quantitative estimate of drug-likeness (QED) is 0.800. The van der Waals surface area contributed by atoms with Gasteiger partial charge >= 0.3 is 35.5 Å². The van der Waals surface area contributed by atoms with Gasteiger partial charge in [0.15, 0.2) is 0 Å². The van der Waals surface area contributed by atoms with Crippen LogP contribution in [0.1, 0.15) is 14.4 Å². The third-order valence-corrected chi connectivity index (χ3v) is 2.47. The van der Waals surface area contributed by atoms with E-state index in [0.717, 1.165) is 22.1 Å². The Morgan fingerprint density at radius 2 is 1.83 bits per heavy atom. The van der Waals surface area contributed by atoms with Gasteiger partial charge in [-0.3, -0.25) is 4.79 Å². The third-order valence-electron chi connectivity index (χ3n) is 2.47. The molecule has 0 spiro atoms. The molecule has 0 fully saturated rings. The van der Waals surface area contributed by atoms with Crippen molar-refractivity contribution in [3.05, 3.63) is 42.0 Å². The molecule has 2 aromatic carbocycles. The SMILES string of the molecule is C.COc1ccc2cc(CC(=O)O)ccc2c1.[H-].[Na+]. The number of methoxy groups -OCH3 is 1. The summed E-state index contributed by atoms with van der Waals surface area (Å²) in [6, 6.07) is 11.4. The van der Waals surface area contributed by atoms with Crippen LogP contribution in [0, 0.1) is 0 Å². The smallest absolute Gasteiger partial charge is 1.00 e. The zero-order valence-electron chi connectivity index (χ0n) is 10.9. The van der Waals surface area contributed by atoms with Crippen LogP contribution in [0.15, 0.2) is 36.4 Å². The monoisotopic (exact) mass is 256 g/mol. The summed E-state index contributed by atoms with van der Waals surface area (Å²) in [4.78, 5) is 10.6. The van der Waals surface area contributed by atoms with Crippen molar-refractivity contribution in [1.82, 2.24) is 0 Å². The molecule has 0 bridgehead atoms. The molecule has 18 heavy (non-hydrogen) atoms. The van der Waals surface area contributed by atoms with E-state index in [1.54, 1.807) is 7.11 Å². The van der Waals surface area contributed by atoms with E-state index >= 15 is 0 Å². The van der Waals surface area contributed by atoms with E-state index in [1.165, 1.54) is 0 Å². The van der Waals surface area contributed by atoms with Gasteiger partial charge in [0.2, 0.25) is 0 Å². The van der Waals surface area contributed by atoms with Crippen LogP contribution in [0.2, 0.25) is 0 Å². The second-order valence-electron chi connectivity index (χ2n) is 3.62. The topological polar surface area (TPSA) is 46.5 Å². The molecule has 0 aliphatic heterocycles. The van der Waals surface area contributed by atoms with Crippen molar-refractivity contribution in [2.45, 2.75) is 13.8 Å². The van der Waals surface area contributed by atoms with E-state index in [0.29, 0.717) is 0 Å². The molecule has 0 amide bonds. The van der Waals surface area contributed by atoms with E-state index < -0.39 is 5.97 Å². The third kappa shape index (κ3) is 4.02. The van der Waals surface area contributed by atoms with E-state index in [1.807, 2.05) is 36.4 Å². The average molecular weight is 256 g/mol. The van der Waals surface area contributed by atoms with Gasteiger partial charge in [-0.05, 0) is 28.5 Å². The van der Waals surface area contributed by atoms with Crippen LogP contribution in [0.25, 0.3) is 10.8 Å². The minimum Gasteiger partial charge on any atom is -1.00 e. The van der Waals surface area contributed by atoms with Crippen LogP contribution in [0.3, 0.4) is 0 Å². The summed E-state index contributed by atoms with van der Waals surface area (Å²) in [5.74, 6) is -0.00801. The first-order valence-electron chi connectivity index (χ1n) is 4.97. The molecule has 3 nitrogen and oxygen atoms in total. The molecule has 1 N–H and O–H groups in total. The number of carboxylic acid groups (broad SMARTS) is 1. The van der Waals surface area contributed by atoms with Gasteiger partial charge in [0, 0.05) is 0 Å². The number of hydrogen-bond acceptors (Lipinski definition) is 2. The van der Waals surface area contributed by atoms with Crippen LogP contribution in [0.4, 0.5) is 0 Å². The average Bonchev–Trinajstić information content (AvgIpc) is 2.27. The maximum atomic E-state index is 10.6. The molecule has 0 aliphatic rings. The molecule has 0 atom stereocenters. The molecule has 0 radical (unpaired) electrons. The Bertz CT molecular complexity index is 543. The molecule has 2 aromatic rings. The number of carbonyl (C=O) groups is 1. The summed E-state index contributed by atoms with van der Waals surface area (Å²) in [6.45, 7) is 0. The van der Waals surface area contributed by atoms with Gasteiger partial charge in [0.05, 0.1) is 13.5 Å². The molecule has 0 aliphatic carbocycles. The molecule has 0 aromatic heterocycles. The minimum atomic E-state index is -0.812. The van der Waals surface area contributed by atoms with Crippen LogP contribution in [0.5, 0.6) is 5.75 Å². The van der Waals surface area contributed by atoms with Gasteiger partial charge in [0.1, 0.15) is 5.75 Å². The van der Waals surface area contributed by atoms with E-state index in [-0.39, 0.29) is 44.8 Å². The van der Waals surface area contributed by atoms with Gasteiger partial charge in [-0.1, -0.05) is 31.7 Å². The summed E-state index contributed by atoms with van der Waals surface area (Å²) in [5.41, 5.74) is 0.810. The molecular formula is C14H17NaO3. The van der Waals surface area contributed by atoms with Crippen molar-refractivity contribution in [2.75, 3.05) is 7.11 Å². The maximum absolute atomic E-state index is 10.6. The first-order valence-corrected chi connectivity index (χ1v) is 4.97. The molecule has 92 valence electrons. The zero-order valence-corrected chi connectivity index (χ0v) is 11.9. The predicted octanol–water partition coefficient (Wildman–Crippen LogP) is 0.228. The van der Waals surface area contributed by atoms with Gasteiger partial charge in [0.25, 0.3) is 0 Å². The number of aliphatic carboxylic acids is 1. The van der Waals surface area contributed by atoms with Crippen molar-refractivity contribution >= 4 is 16.7 Å². The van der Waals surface area contributed by atoms with Gasteiger partial charge < -0.3 is 11.3 Å². The Morgan fingerprint density at radius 1 is 1.22 bits per heavy atom. The second-order valence-corrected chi connectivity index (χ2v) is 3.62. The number of ether oxygens (including phenoxy) is 1. The largest absolute Gasteiger partial charge is 1.00 e. The predicted molar refractivity (Wildman–Crippen MR) is 69.7 cm³/mol. The number of hydrogen-bond donors (Lipinski definition) is 1. The van der Waals surface area contributed by atoms with E-state index in [2.05, 4.69) is 0 Å². The standard InChI is InChI=1S/C13H12O3.CH4.Na.H/c1-16-12-5-4-10-6-9(7-13(14)15)2-3-11(10)8-12;;;/h2-6,8H,7H2,1H3,(H,14,15);1H4;;/q;;+1;-1.